The molecule has 3 heteroatoms. The summed E-state index contributed by atoms with van der Waals surface area (Å²) in [6, 6.07) is 0.427. The van der Waals surface area contributed by atoms with Crippen LogP contribution in [0.5, 0.6) is 0 Å². The Balaban J connectivity index is 1.83. The van der Waals surface area contributed by atoms with Crippen LogP contribution in [0.4, 0.5) is 0 Å². The molecule has 0 aromatic rings. The number of nitrogens with zero attached hydrogens (tertiary/aromatic N) is 1. The minimum atomic E-state index is 0.364. The smallest absolute Gasteiger partial charge is 0.0518 e. The molecule has 0 saturated carbocycles. The van der Waals surface area contributed by atoms with E-state index in [9.17, 15) is 0 Å². The predicted molar refractivity (Wildman–Crippen MR) is 50.1 cm³/mol. The fourth-order valence-electron chi connectivity index (χ4n) is 1.40. The van der Waals surface area contributed by atoms with Gasteiger partial charge in [0, 0.05) is 32.3 Å². The normalized spacial score (nSPS) is 20.0. The molecule has 2 N–H and O–H groups in total. The highest BCUT2D eigenvalue weighted by Gasteiger charge is 2.21. The first-order valence-electron chi connectivity index (χ1n) is 4.78. The monoisotopic (exact) mass is 172 g/mol. The molecule has 0 amide bonds. The largest absolute Gasteiger partial charge is 0.379 e. The summed E-state index contributed by atoms with van der Waals surface area (Å²) < 4.78 is 5.43. The highest BCUT2D eigenvalue weighted by Crippen LogP contribution is 2.05. The van der Waals surface area contributed by atoms with Gasteiger partial charge in [0.05, 0.1) is 6.10 Å². The first-order chi connectivity index (χ1) is 5.68. The van der Waals surface area contributed by atoms with Crippen LogP contribution in [-0.4, -0.2) is 43.3 Å². The molecule has 1 aliphatic rings. The van der Waals surface area contributed by atoms with Gasteiger partial charge in [0.25, 0.3) is 0 Å². The van der Waals surface area contributed by atoms with E-state index in [1.54, 1.807) is 0 Å². The van der Waals surface area contributed by atoms with Crippen LogP contribution in [0, 0.1) is 0 Å². The summed E-state index contributed by atoms with van der Waals surface area (Å²) in [6.45, 7) is 8.30. The van der Waals surface area contributed by atoms with Gasteiger partial charge in [-0.25, -0.2) is 0 Å². The summed E-state index contributed by atoms with van der Waals surface area (Å²) in [6.07, 6.45) is 1.49. The summed E-state index contributed by atoms with van der Waals surface area (Å²) in [7, 11) is 0. The Bertz CT molecular complexity index is 122. The number of ether oxygens (including phenoxy) is 1. The van der Waals surface area contributed by atoms with Crippen molar-refractivity contribution in [3.63, 3.8) is 0 Å². The van der Waals surface area contributed by atoms with E-state index >= 15 is 0 Å². The Kier molecular flexibility index (Phi) is 3.98. The van der Waals surface area contributed by atoms with Crippen molar-refractivity contribution >= 4 is 0 Å². The van der Waals surface area contributed by atoms with Gasteiger partial charge in [-0.3, -0.25) is 0 Å². The fourth-order valence-corrected chi connectivity index (χ4v) is 1.40. The van der Waals surface area contributed by atoms with Crippen LogP contribution in [0.2, 0.25) is 0 Å². The average Bonchev–Trinajstić information content (AvgIpc) is 1.93. The lowest BCUT2D eigenvalue weighted by Crippen LogP contribution is -2.55. The van der Waals surface area contributed by atoms with Gasteiger partial charge in [-0.2, -0.15) is 0 Å². The molecule has 1 aliphatic heterocycles. The lowest BCUT2D eigenvalue weighted by atomic mass is 10.1. The molecule has 0 aromatic carbocycles. The molecule has 0 aromatic heterocycles. The number of hydrogen-bond acceptors (Lipinski definition) is 3. The molecular formula is C9H20N2O. The Morgan fingerprint density at radius 3 is 2.67 bits per heavy atom. The maximum atomic E-state index is 5.65. The van der Waals surface area contributed by atoms with Gasteiger partial charge in [-0.1, -0.05) is 0 Å². The second kappa shape index (κ2) is 4.80. The van der Waals surface area contributed by atoms with Crippen LogP contribution in [0.15, 0.2) is 0 Å². The van der Waals surface area contributed by atoms with Crippen molar-refractivity contribution in [2.75, 3.05) is 26.2 Å². The molecule has 1 rings (SSSR count). The van der Waals surface area contributed by atoms with E-state index < -0.39 is 0 Å². The van der Waals surface area contributed by atoms with Crippen molar-refractivity contribution in [1.29, 1.82) is 0 Å². The Morgan fingerprint density at radius 2 is 2.17 bits per heavy atom. The molecular weight excluding hydrogens is 152 g/mol. The molecule has 0 bridgehead atoms. The molecule has 0 aliphatic carbocycles. The van der Waals surface area contributed by atoms with Crippen molar-refractivity contribution < 1.29 is 4.74 Å². The minimum absolute atomic E-state index is 0.364. The predicted octanol–water partition coefficient (Wildman–Crippen LogP) is 0.444. The molecule has 0 radical (unpaired) electrons. The van der Waals surface area contributed by atoms with Crippen LogP contribution in [0.3, 0.4) is 0 Å². The van der Waals surface area contributed by atoms with Gasteiger partial charge in [-0.05, 0) is 20.3 Å². The van der Waals surface area contributed by atoms with Crippen LogP contribution in [0.1, 0.15) is 20.3 Å². The molecule has 72 valence electrons. The van der Waals surface area contributed by atoms with Crippen LogP contribution in [0.25, 0.3) is 0 Å². The second-order valence-corrected chi connectivity index (χ2v) is 3.79. The quantitative estimate of drug-likeness (QED) is 0.612. The summed E-state index contributed by atoms with van der Waals surface area (Å²) >= 11 is 0. The number of nitrogens with two attached hydrogens (primary N) is 1. The molecule has 12 heavy (non-hydrogen) atoms. The Labute approximate surface area is 74.9 Å². The molecule has 0 spiro atoms. The highest BCUT2D eigenvalue weighted by molar-refractivity contribution is 4.81. The van der Waals surface area contributed by atoms with E-state index in [2.05, 4.69) is 18.7 Å². The van der Waals surface area contributed by atoms with Gasteiger partial charge >= 0.3 is 0 Å². The Hall–Kier alpha value is -0.120. The van der Waals surface area contributed by atoms with E-state index in [-0.39, 0.29) is 0 Å². The first-order valence-corrected chi connectivity index (χ1v) is 4.78. The average molecular weight is 172 g/mol. The van der Waals surface area contributed by atoms with Crippen LogP contribution < -0.4 is 5.73 Å². The molecule has 0 unspecified atom stereocenters. The van der Waals surface area contributed by atoms with Gasteiger partial charge in [0.2, 0.25) is 0 Å². The topological polar surface area (TPSA) is 38.5 Å². The highest BCUT2D eigenvalue weighted by atomic mass is 16.5. The third-order valence-corrected chi connectivity index (χ3v) is 2.06. The lowest BCUT2D eigenvalue weighted by Gasteiger charge is -2.36. The van der Waals surface area contributed by atoms with Crippen molar-refractivity contribution in [2.24, 2.45) is 5.73 Å². The van der Waals surface area contributed by atoms with E-state index in [0.29, 0.717) is 12.1 Å². The van der Waals surface area contributed by atoms with Crippen molar-refractivity contribution in [2.45, 2.75) is 32.4 Å². The maximum Gasteiger partial charge on any atom is 0.0518 e. The van der Waals surface area contributed by atoms with E-state index in [0.717, 1.165) is 32.7 Å². The third-order valence-electron chi connectivity index (χ3n) is 2.06. The SMILES string of the molecule is CC(C)OCCCN1CC(N)C1. The zero-order valence-electron chi connectivity index (χ0n) is 8.12. The van der Waals surface area contributed by atoms with E-state index in [4.69, 9.17) is 10.5 Å². The van der Waals surface area contributed by atoms with Gasteiger partial charge < -0.3 is 15.4 Å². The van der Waals surface area contributed by atoms with Gasteiger partial charge in [0.1, 0.15) is 0 Å². The van der Waals surface area contributed by atoms with Crippen LogP contribution in [-0.2, 0) is 4.74 Å². The number of hydrogen-bond donors (Lipinski definition) is 1. The zero-order valence-corrected chi connectivity index (χ0v) is 8.12. The van der Waals surface area contributed by atoms with Gasteiger partial charge in [-0.15, -0.1) is 0 Å². The summed E-state index contributed by atoms with van der Waals surface area (Å²) in [4.78, 5) is 2.37. The van der Waals surface area contributed by atoms with Crippen LogP contribution >= 0.6 is 0 Å². The van der Waals surface area contributed by atoms with Crippen molar-refractivity contribution in [3.05, 3.63) is 0 Å². The molecule has 0 atom stereocenters. The van der Waals surface area contributed by atoms with E-state index in [1.165, 1.54) is 0 Å². The summed E-state index contributed by atoms with van der Waals surface area (Å²) in [5.41, 5.74) is 5.65. The number of rotatable bonds is 5. The second-order valence-electron chi connectivity index (χ2n) is 3.79. The molecule has 3 nitrogen and oxygen atoms in total. The van der Waals surface area contributed by atoms with E-state index in [1.807, 2.05) is 0 Å². The lowest BCUT2D eigenvalue weighted by molar-refractivity contribution is 0.0616. The van der Waals surface area contributed by atoms with Crippen molar-refractivity contribution in [3.8, 4) is 0 Å². The third kappa shape index (κ3) is 3.52. The van der Waals surface area contributed by atoms with Crippen molar-refractivity contribution in [1.82, 2.24) is 4.90 Å². The minimum Gasteiger partial charge on any atom is -0.379 e. The zero-order chi connectivity index (χ0) is 8.97. The molecule has 1 saturated heterocycles. The maximum absolute atomic E-state index is 5.65. The standard InChI is InChI=1S/C9H20N2O/c1-8(2)12-5-3-4-11-6-9(10)7-11/h8-9H,3-7,10H2,1-2H3. The Morgan fingerprint density at radius 1 is 1.50 bits per heavy atom. The molecule has 1 heterocycles. The summed E-state index contributed by atoms with van der Waals surface area (Å²) in [5, 5.41) is 0. The number of likely N-dealkylation sites (tertiary alicyclic amines) is 1. The molecule has 1 fully saturated rings. The first kappa shape index (κ1) is 9.96. The van der Waals surface area contributed by atoms with Gasteiger partial charge in [0.15, 0.2) is 0 Å². The fraction of sp³-hybridized carbons (Fsp3) is 1.00. The summed E-state index contributed by atoms with van der Waals surface area (Å²) in [5.74, 6) is 0.